The van der Waals surface area contributed by atoms with Crippen molar-refractivity contribution in [2.75, 3.05) is 6.54 Å². The fraction of sp³-hybridized carbons (Fsp3) is 0.833. The lowest BCUT2D eigenvalue weighted by molar-refractivity contribution is -0.168. The van der Waals surface area contributed by atoms with E-state index in [9.17, 15) is 9.59 Å². The van der Waals surface area contributed by atoms with Gasteiger partial charge in [-0.3, -0.25) is 4.79 Å². The van der Waals surface area contributed by atoms with Crippen LogP contribution in [0, 0.1) is 0 Å². The van der Waals surface area contributed by atoms with Crippen molar-refractivity contribution < 1.29 is 14.3 Å². The first-order valence-electron chi connectivity index (χ1n) is 6.07. The second-order valence-corrected chi connectivity index (χ2v) is 5.94. The first-order valence-corrected chi connectivity index (χ1v) is 6.07. The molecule has 5 nitrogen and oxygen atoms in total. The molecular formula is C12H20N2O3. The van der Waals surface area contributed by atoms with Crippen molar-refractivity contribution >= 4 is 11.9 Å². The molecule has 0 saturated carbocycles. The molecule has 0 aromatic carbocycles. The molecule has 2 fully saturated rings. The van der Waals surface area contributed by atoms with E-state index < -0.39 is 17.2 Å². The van der Waals surface area contributed by atoms with Crippen LogP contribution in [0.2, 0.25) is 0 Å². The van der Waals surface area contributed by atoms with Gasteiger partial charge < -0.3 is 15.4 Å². The van der Waals surface area contributed by atoms with Crippen LogP contribution >= 0.6 is 0 Å². The minimum absolute atomic E-state index is 0.117. The van der Waals surface area contributed by atoms with Crippen molar-refractivity contribution in [1.82, 2.24) is 4.90 Å². The van der Waals surface area contributed by atoms with E-state index in [1.165, 1.54) is 0 Å². The van der Waals surface area contributed by atoms with Crippen molar-refractivity contribution in [1.29, 1.82) is 0 Å². The Hall–Kier alpha value is -1.10. The molecule has 0 aromatic heterocycles. The van der Waals surface area contributed by atoms with E-state index >= 15 is 0 Å². The fourth-order valence-electron chi connectivity index (χ4n) is 2.73. The summed E-state index contributed by atoms with van der Waals surface area (Å²) in [5.74, 6) is -0.419. The second-order valence-electron chi connectivity index (χ2n) is 5.94. The van der Waals surface area contributed by atoms with Gasteiger partial charge in [0.1, 0.15) is 11.1 Å². The quantitative estimate of drug-likeness (QED) is 0.674. The molecule has 2 aliphatic heterocycles. The van der Waals surface area contributed by atoms with Gasteiger partial charge in [-0.15, -0.1) is 0 Å². The lowest BCUT2D eigenvalue weighted by atomic mass is 9.92. The number of nitrogens with zero attached hydrogens (tertiary/aromatic N) is 1. The third-order valence-electron chi connectivity index (χ3n) is 3.41. The lowest BCUT2D eigenvalue weighted by Crippen LogP contribution is -2.50. The molecule has 0 aliphatic carbocycles. The van der Waals surface area contributed by atoms with Gasteiger partial charge >= 0.3 is 5.97 Å². The van der Waals surface area contributed by atoms with E-state index in [1.54, 1.807) is 4.90 Å². The highest BCUT2D eigenvalue weighted by molar-refractivity contribution is 5.95. The van der Waals surface area contributed by atoms with E-state index in [2.05, 4.69) is 0 Å². The van der Waals surface area contributed by atoms with E-state index in [1.807, 2.05) is 20.8 Å². The number of esters is 1. The minimum atomic E-state index is -0.788. The Kier molecular flexibility index (Phi) is 2.69. The molecular weight excluding hydrogens is 220 g/mol. The van der Waals surface area contributed by atoms with Gasteiger partial charge in [-0.1, -0.05) is 0 Å². The van der Waals surface area contributed by atoms with Crippen LogP contribution in [0.15, 0.2) is 0 Å². The first-order chi connectivity index (χ1) is 7.76. The maximum atomic E-state index is 12.3. The molecule has 2 heterocycles. The molecule has 0 aromatic rings. The second kappa shape index (κ2) is 3.70. The molecule has 2 N–H and O–H groups in total. The summed E-state index contributed by atoms with van der Waals surface area (Å²) in [5.41, 5.74) is 4.44. The van der Waals surface area contributed by atoms with E-state index in [0.717, 1.165) is 6.42 Å². The number of rotatable bonds is 1. The number of fused-ring (bicyclic) bond motifs is 1. The number of hydrogen-bond acceptors (Lipinski definition) is 4. The van der Waals surface area contributed by atoms with Gasteiger partial charge in [0.2, 0.25) is 5.91 Å². The zero-order chi connectivity index (χ0) is 12.8. The largest absolute Gasteiger partial charge is 0.458 e. The number of ether oxygens (including phenoxy) is 1. The van der Waals surface area contributed by atoms with Gasteiger partial charge in [0, 0.05) is 13.0 Å². The zero-order valence-corrected chi connectivity index (χ0v) is 10.7. The number of carbonyl (C=O) groups is 2. The predicted molar refractivity (Wildman–Crippen MR) is 62.1 cm³/mol. The number of hydrogen-bond donors (Lipinski definition) is 1. The van der Waals surface area contributed by atoms with Crippen LogP contribution in [-0.4, -0.2) is 40.5 Å². The lowest BCUT2D eigenvalue weighted by Gasteiger charge is -2.32. The summed E-state index contributed by atoms with van der Waals surface area (Å²) in [7, 11) is 0. The van der Waals surface area contributed by atoms with Crippen molar-refractivity contribution in [2.45, 2.75) is 57.2 Å². The molecule has 2 atom stereocenters. The van der Waals surface area contributed by atoms with E-state index in [4.69, 9.17) is 10.5 Å². The molecule has 2 aliphatic rings. The summed E-state index contributed by atoms with van der Waals surface area (Å²) in [6.45, 7) is 6.11. The van der Waals surface area contributed by atoms with Crippen molar-refractivity contribution in [3.05, 3.63) is 0 Å². The Morgan fingerprint density at radius 3 is 2.76 bits per heavy atom. The van der Waals surface area contributed by atoms with Crippen LogP contribution in [0.3, 0.4) is 0 Å². The van der Waals surface area contributed by atoms with Crippen LogP contribution in [0.4, 0.5) is 0 Å². The Bertz CT molecular complexity index is 361. The van der Waals surface area contributed by atoms with Crippen molar-refractivity contribution in [2.24, 2.45) is 5.73 Å². The van der Waals surface area contributed by atoms with Crippen LogP contribution < -0.4 is 5.73 Å². The van der Waals surface area contributed by atoms with Crippen LogP contribution in [-0.2, 0) is 14.3 Å². The molecule has 2 saturated heterocycles. The maximum absolute atomic E-state index is 12.3. The molecule has 2 rings (SSSR count). The summed E-state index contributed by atoms with van der Waals surface area (Å²) < 4.78 is 5.43. The summed E-state index contributed by atoms with van der Waals surface area (Å²) in [6, 6.07) is -0.553. The summed E-state index contributed by atoms with van der Waals surface area (Å²) >= 11 is 0. The molecule has 1 amide bonds. The van der Waals surface area contributed by atoms with Gasteiger partial charge in [0.05, 0.1) is 6.04 Å². The molecule has 0 spiro atoms. The van der Waals surface area contributed by atoms with Gasteiger partial charge in [-0.25, -0.2) is 4.79 Å². The number of carbonyl (C=O) groups excluding carboxylic acids is 2. The van der Waals surface area contributed by atoms with E-state index in [0.29, 0.717) is 19.4 Å². The smallest absolute Gasteiger partial charge is 0.332 e. The highest BCUT2D eigenvalue weighted by atomic mass is 16.6. The summed E-state index contributed by atoms with van der Waals surface area (Å²) in [4.78, 5) is 25.8. The molecule has 0 unspecified atom stereocenters. The van der Waals surface area contributed by atoms with Gasteiger partial charge in [-0.2, -0.15) is 0 Å². The fourth-order valence-corrected chi connectivity index (χ4v) is 2.73. The summed E-state index contributed by atoms with van der Waals surface area (Å²) in [5, 5.41) is 0. The normalized spacial score (nSPS) is 32.8. The monoisotopic (exact) mass is 240 g/mol. The topological polar surface area (TPSA) is 72.6 Å². The molecule has 0 bridgehead atoms. The Morgan fingerprint density at radius 1 is 1.53 bits per heavy atom. The molecule has 5 heteroatoms. The van der Waals surface area contributed by atoms with Crippen molar-refractivity contribution in [3.8, 4) is 0 Å². The van der Waals surface area contributed by atoms with Crippen LogP contribution in [0.1, 0.15) is 40.0 Å². The minimum Gasteiger partial charge on any atom is -0.458 e. The molecule has 0 radical (unpaired) electrons. The SMILES string of the molecule is CC(C)(C)OC(=O)[C@@]12CCCN1C(=O)[C@@H](N)C2. The first kappa shape index (κ1) is 12.4. The Morgan fingerprint density at radius 2 is 2.18 bits per heavy atom. The van der Waals surface area contributed by atoms with Gasteiger partial charge in [-0.05, 0) is 33.6 Å². The summed E-state index contributed by atoms with van der Waals surface area (Å²) in [6.07, 6.45) is 1.90. The Balaban J connectivity index is 2.23. The third-order valence-corrected chi connectivity index (χ3v) is 3.41. The number of nitrogens with two attached hydrogens (primary N) is 1. The molecule has 17 heavy (non-hydrogen) atoms. The van der Waals surface area contributed by atoms with E-state index in [-0.39, 0.29) is 11.9 Å². The highest BCUT2D eigenvalue weighted by Crippen LogP contribution is 2.40. The maximum Gasteiger partial charge on any atom is 0.332 e. The average Bonchev–Trinajstić information content (AvgIpc) is 2.66. The van der Waals surface area contributed by atoms with Crippen LogP contribution in [0.5, 0.6) is 0 Å². The Labute approximate surface area is 101 Å². The average molecular weight is 240 g/mol. The third kappa shape index (κ3) is 1.92. The molecule has 96 valence electrons. The van der Waals surface area contributed by atoms with Gasteiger partial charge in [0.25, 0.3) is 0 Å². The zero-order valence-electron chi connectivity index (χ0n) is 10.7. The van der Waals surface area contributed by atoms with Crippen LogP contribution in [0.25, 0.3) is 0 Å². The predicted octanol–water partition coefficient (Wildman–Crippen LogP) is 0.420. The highest BCUT2D eigenvalue weighted by Gasteiger charge is 2.58. The standard InChI is InChI=1S/C12H20N2O3/c1-11(2,3)17-10(16)12-5-4-6-14(12)9(15)8(13)7-12/h8H,4-7,13H2,1-3H3/t8-,12-/m0/s1. The van der Waals surface area contributed by atoms with Crippen molar-refractivity contribution in [3.63, 3.8) is 0 Å². The van der Waals surface area contributed by atoms with Gasteiger partial charge in [0.15, 0.2) is 0 Å². The number of amides is 1.